The summed E-state index contributed by atoms with van der Waals surface area (Å²) in [6.45, 7) is 3.95. The highest BCUT2D eigenvalue weighted by Crippen LogP contribution is 2.25. The Morgan fingerprint density at radius 1 is 1.30 bits per heavy atom. The maximum Gasteiger partial charge on any atom is 0.259 e. The molecule has 1 aromatic heterocycles. The van der Waals surface area contributed by atoms with Gasteiger partial charge in [-0.3, -0.25) is 9.78 Å². The zero-order valence-corrected chi connectivity index (χ0v) is 11.7. The number of methoxy groups -OCH3 is 1. The van der Waals surface area contributed by atoms with Gasteiger partial charge in [0.05, 0.1) is 30.2 Å². The first kappa shape index (κ1) is 13.9. The number of amides is 1. The van der Waals surface area contributed by atoms with Crippen LogP contribution in [0.3, 0.4) is 0 Å². The van der Waals surface area contributed by atoms with E-state index < -0.39 is 0 Å². The first-order chi connectivity index (χ1) is 9.52. The van der Waals surface area contributed by atoms with Crippen LogP contribution in [0.15, 0.2) is 30.6 Å². The van der Waals surface area contributed by atoms with E-state index in [4.69, 9.17) is 10.5 Å². The number of ether oxygens (including phenoxy) is 1. The SMILES string of the molecule is COc1cnccc1C(=O)Nc1cc(C)c(C)cc1N. The second-order valence-electron chi connectivity index (χ2n) is 4.55. The Morgan fingerprint density at radius 3 is 2.70 bits per heavy atom. The van der Waals surface area contributed by atoms with Crippen molar-refractivity contribution in [2.24, 2.45) is 0 Å². The van der Waals surface area contributed by atoms with Crippen LogP contribution in [-0.2, 0) is 0 Å². The molecule has 0 fully saturated rings. The summed E-state index contributed by atoms with van der Waals surface area (Å²) in [7, 11) is 1.50. The summed E-state index contributed by atoms with van der Waals surface area (Å²) in [4.78, 5) is 16.2. The molecule has 5 heteroatoms. The highest BCUT2D eigenvalue weighted by Gasteiger charge is 2.13. The number of nitrogen functional groups attached to an aromatic ring is 1. The number of anilines is 2. The molecule has 0 saturated carbocycles. The Morgan fingerprint density at radius 2 is 2.00 bits per heavy atom. The largest absolute Gasteiger partial charge is 0.494 e. The molecule has 0 spiro atoms. The Balaban J connectivity index is 2.30. The number of nitrogens with zero attached hydrogens (tertiary/aromatic N) is 1. The minimum atomic E-state index is -0.279. The lowest BCUT2D eigenvalue weighted by molar-refractivity contribution is 0.102. The average Bonchev–Trinajstić information content (AvgIpc) is 2.44. The maximum atomic E-state index is 12.3. The van der Waals surface area contributed by atoms with Crippen molar-refractivity contribution in [2.45, 2.75) is 13.8 Å². The number of carbonyl (C=O) groups excluding carboxylic acids is 1. The van der Waals surface area contributed by atoms with Crippen LogP contribution in [0, 0.1) is 13.8 Å². The molecule has 2 aromatic rings. The second kappa shape index (κ2) is 5.61. The number of aryl methyl sites for hydroxylation is 2. The van der Waals surface area contributed by atoms with Crippen molar-refractivity contribution in [2.75, 3.05) is 18.2 Å². The summed E-state index contributed by atoms with van der Waals surface area (Å²) in [6.07, 6.45) is 3.04. The molecule has 0 aliphatic rings. The van der Waals surface area contributed by atoms with Gasteiger partial charge in [0, 0.05) is 6.20 Å². The molecule has 0 radical (unpaired) electrons. The van der Waals surface area contributed by atoms with Gasteiger partial charge in [-0.15, -0.1) is 0 Å². The molecule has 5 nitrogen and oxygen atoms in total. The number of hydrogen-bond donors (Lipinski definition) is 2. The van der Waals surface area contributed by atoms with Crippen LogP contribution in [-0.4, -0.2) is 18.0 Å². The van der Waals surface area contributed by atoms with E-state index in [1.165, 1.54) is 13.3 Å². The number of nitrogens with one attached hydrogen (secondary N) is 1. The van der Waals surface area contributed by atoms with Crippen LogP contribution in [0.4, 0.5) is 11.4 Å². The lowest BCUT2D eigenvalue weighted by Gasteiger charge is -2.12. The maximum absolute atomic E-state index is 12.3. The fourth-order valence-electron chi connectivity index (χ4n) is 1.87. The monoisotopic (exact) mass is 271 g/mol. The molecule has 0 bridgehead atoms. The second-order valence-corrected chi connectivity index (χ2v) is 4.55. The molecule has 3 N–H and O–H groups in total. The third-order valence-corrected chi connectivity index (χ3v) is 3.16. The first-order valence-electron chi connectivity index (χ1n) is 6.19. The van der Waals surface area contributed by atoms with E-state index in [2.05, 4.69) is 10.3 Å². The van der Waals surface area contributed by atoms with Gasteiger partial charge < -0.3 is 15.8 Å². The van der Waals surface area contributed by atoms with Gasteiger partial charge in [-0.1, -0.05) is 0 Å². The van der Waals surface area contributed by atoms with Crippen molar-refractivity contribution in [3.05, 3.63) is 47.3 Å². The van der Waals surface area contributed by atoms with Crippen molar-refractivity contribution in [3.63, 3.8) is 0 Å². The van der Waals surface area contributed by atoms with Crippen molar-refractivity contribution in [3.8, 4) is 5.75 Å². The zero-order chi connectivity index (χ0) is 14.7. The fraction of sp³-hybridized carbons (Fsp3) is 0.200. The van der Waals surface area contributed by atoms with E-state index in [-0.39, 0.29) is 5.91 Å². The molecule has 0 aliphatic carbocycles. The zero-order valence-electron chi connectivity index (χ0n) is 11.7. The number of benzene rings is 1. The highest BCUT2D eigenvalue weighted by molar-refractivity contribution is 6.07. The number of aromatic nitrogens is 1. The minimum Gasteiger partial charge on any atom is -0.494 e. The number of carbonyl (C=O) groups is 1. The van der Waals surface area contributed by atoms with Gasteiger partial charge in [-0.05, 0) is 43.2 Å². The summed E-state index contributed by atoms with van der Waals surface area (Å²) < 4.78 is 5.12. The number of hydrogen-bond acceptors (Lipinski definition) is 4. The van der Waals surface area contributed by atoms with Crippen LogP contribution >= 0.6 is 0 Å². The lowest BCUT2D eigenvalue weighted by atomic mass is 10.1. The van der Waals surface area contributed by atoms with Gasteiger partial charge in [-0.25, -0.2) is 0 Å². The predicted molar refractivity (Wildman–Crippen MR) is 79.1 cm³/mol. The Bertz CT molecular complexity index is 654. The molecular weight excluding hydrogens is 254 g/mol. The van der Waals surface area contributed by atoms with E-state index in [9.17, 15) is 4.79 Å². The number of nitrogens with two attached hydrogens (primary N) is 1. The molecule has 0 unspecified atom stereocenters. The Labute approximate surface area is 117 Å². The molecule has 20 heavy (non-hydrogen) atoms. The van der Waals surface area contributed by atoms with Gasteiger partial charge in [0.25, 0.3) is 5.91 Å². The molecule has 1 aromatic carbocycles. The highest BCUT2D eigenvalue weighted by atomic mass is 16.5. The molecule has 0 atom stereocenters. The molecular formula is C15H17N3O2. The van der Waals surface area contributed by atoms with Crippen molar-refractivity contribution in [1.82, 2.24) is 4.98 Å². The Kier molecular flexibility index (Phi) is 3.89. The van der Waals surface area contributed by atoms with Gasteiger partial charge in [0.1, 0.15) is 5.75 Å². The average molecular weight is 271 g/mol. The van der Waals surface area contributed by atoms with E-state index in [0.29, 0.717) is 22.7 Å². The van der Waals surface area contributed by atoms with Crippen LogP contribution < -0.4 is 15.8 Å². The van der Waals surface area contributed by atoms with Crippen molar-refractivity contribution in [1.29, 1.82) is 0 Å². The number of rotatable bonds is 3. The number of pyridine rings is 1. The van der Waals surface area contributed by atoms with Gasteiger partial charge in [-0.2, -0.15) is 0 Å². The van der Waals surface area contributed by atoms with Gasteiger partial charge in [0.2, 0.25) is 0 Å². The topological polar surface area (TPSA) is 77.2 Å². The fourth-order valence-corrected chi connectivity index (χ4v) is 1.87. The molecule has 1 amide bonds. The third-order valence-electron chi connectivity index (χ3n) is 3.16. The summed E-state index contributed by atoms with van der Waals surface area (Å²) in [5, 5.41) is 2.80. The quantitative estimate of drug-likeness (QED) is 0.841. The van der Waals surface area contributed by atoms with Crippen molar-refractivity contribution < 1.29 is 9.53 Å². The predicted octanol–water partition coefficient (Wildman–Crippen LogP) is 2.54. The third kappa shape index (κ3) is 2.71. The normalized spacial score (nSPS) is 10.2. The van der Waals surface area contributed by atoms with E-state index in [1.54, 1.807) is 12.3 Å². The van der Waals surface area contributed by atoms with Crippen molar-refractivity contribution >= 4 is 17.3 Å². The molecule has 2 rings (SSSR count). The van der Waals surface area contributed by atoms with E-state index >= 15 is 0 Å². The van der Waals surface area contributed by atoms with E-state index in [0.717, 1.165) is 11.1 Å². The summed E-state index contributed by atoms with van der Waals surface area (Å²) in [5.74, 6) is 0.145. The summed E-state index contributed by atoms with van der Waals surface area (Å²) in [6, 6.07) is 5.30. The summed E-state index contributed by atoms with van der Waals surface area (Å²) >= 11 is 0. The van der Waals surface area contributed by atoms with Crippen LogP contribution in [0.1, 0.15) is 21.5 Å². The first-order valence-corrected chi connectivity index (χ1v) is 6.19. The van der Waals surface area contributed by atoms with Gasteiger partial charge >= 0.3 is 0 Å². The van der Waals surface area contributed by atoms with E-state index in [1.807, 2.05) is 26.0 Å². The molecule has 104 valence electrons. The molecule has 0 saturated heterocycles. The standard InChI is InChI=1S/C15H17N3O2/c1-9-6-12(16)13(7-10(9)2)18-15(19)11-4-5-17-8-14(11)20-3/h4-8H,16H2,1-3H3,(H,18,19). The Hall–Kier alpha value is -2.56. The van der Waals surface area contributed by atoms with Crippen LogP contribution in [0.5, 0.6) is 5.75 Å². The van der Waals surface area contributed by atoms with Crippen LogP contribution in [0.25, 0.3) is 0 Å². The summed E-state index contributed by atoms with van der Waals surface area (Å²) in [5.41, 5.74) is 9.63. The molecule has 0 aliphatic heterocycles. The molecule has 1 heterocycles. The smallest absolute Gasteiger partial charge is 0.259 e. The van der Waals surface area contributed by atoms with Crippen LogP contribution in [0.2, 0.25) is 0 Å². The minimum absolute atomic E-state index is 0.279. The van der Waals surface area contributed by atoms with Gasteiger partial charge in [0.15, 0.2) is 0 Å². The lowest BCUT2D eigenvalue weighted by Crippen LogP contribution is -2.14.